The van der Waals surface area contributed by atoms with Gasteiger partial charge in [-0.25, -0.2) is 9.48 Å². The number of esters is 1. The molecular formula is C30H28BrClN4O3S. The Kier molecular flexibility index (Phi) is 9.14. The van der Waals surface area contributed by atoms with E-state index in [0.717, 1.165) is 33.3 Å². The van der Waals surface area contributed by atoms with Gasteiger partial charge in [-0.1, -0.05) is 88.7 Å². The Morgan fingerprint density at radius 3 is 2.58 bits per heavy atom. The van der Waals surface area contributed by atoms with Crippen molar-refractivity contribution in [2.45, 2.75) is 44.7 Å². The van der Waals surface area contributed by atoms with E-state index in [1.807, 2.05) is 79.7 Å². The van der Waals surface area contributed by atoms with Gasteiger partial charge in [-0.2, -0.15) is 4.98 Å². The van der Waals surface area contributed by atoms with Crippen molar-refractivity contribution in [1.29, 1.82) is 0 Å². The molecule has 0 fully saturated rings. The molecular weight excluding hydrogens is 612 g/mol. The number of hydrogen-bond acceptors (Lipinski definition) is 7. The smallest absolute Gasteiger partial charge is 0.338 e. The molecule has 0 saturated carbocycles. The predicted octanol–water partition coefficient (Wildman–Crippen LogP) is 7.81. The Morgan fingerprint density at radius 2 is 1.82 bits per heavy atom. The molecule has 1 N–H and O–H groups in total. The van der Waals surface area contributed by atoms with E-state index in [0.29, 0.717) is 39.8 Å². The number of aromatic nitrogens is 3. The molecule has 1 aliphatic heterocycles. The largest absolute Gasteiger partial charge is 0.489 e. The van der Waals surface area contributed by atoms with Gasteiger partial charge in [0.15, 0.2) is 0 Å². The summed E-state index contributed by atoms with van der Waals surface area (Å²) in [4.78, 5) is 18.4. The average molecular weight is 640 g/mol. The minimum absolute atomic E-state index is 0.156. The van der Waals surface area contributed by atoms with E-state index in [1.165, 1.54) is 0 Å². The molecule has 0 saturated heterocycles. The van der Waals surface area contributed by atoms with E-state index < -0.39 is 12.0 Å². The van der Waals surface area contributed by atoms with Crippen LogP contribution >= 0.6 is 39.3 Å². The molecule has 0 amide bonds. The number of halogens is 2. The van der Waals surface area contributed by atoms with Gasteiger partial charge in [-0.3, -0.25) is 0 Å². The Hall–Kier alpha value is -3.27. The van der Waals surface area contributed by atoms with Gasteiger partial charge in [0.2, 0.25) is 11.1 Å². The number of ether oxygens (including phenoxy) is 2. The summed E-state index contributed by atoms with van der Waals surface area (Å²) in [6.07, 6.45) is 0.994. The summed E-state index contributed by atoms with van der Waals surface area (Å²) in [5.74, 6) is 1.63. The van der Waals surface area contributed by atoms with E-state index in [2.05, 4.69) is 28.2 Å². The number of benzene rings is 3. The van der Waals surface area contributed by atoms with Crippen molar-refractivity contribution in [3.63, 3.8) is 0 Å². The lowest BCUT2D eigenvalue weighted by molar-refractivity contribution is -0.140. The third-order valence-electron chi connectivity index (χ3n) is 6.28. The summed E-state index contributed by atoms with van der Waals surface area (Å²) < 4.78 is 14.7. The van der Waals surface area contributed by atoms with Crippen LogP contribution in [-0.2, 0) is 22.7 Å². The highest BCUT2D eigenvalue weighted by atomic mass is 79.9. The fourth-order valence-corrected chi connectivity index (χ4v) is 5.53. The van der Waals surface area contributed by atoms with Gasteiger partial charge >= 0.3 is 5.97 Å². The van der Waals surface area contributed by atoms with Crippen LogP contribution in [0.25, 0.3) is 0 Å². The highest BCUT2D eigenvalue weighted by molar-refractivity contribution is 9.10. The lowest BCUT2D eigenvalue weighted by Gasteiger charge is -2.29. The fourth-order valence-electron chi connectivity index (χ4n) is 4.34. The van der Waals surface area contributed by atoms with Crippen molar-refractivity contribution < 1.29 is 14.3 Å². The van der Waals surface area contributed by atoms with Crippen LogP contribution in [0.2, 0.25) is 5.02 Å². The second-order valence-corrected chi connectivity index (χ2v) is 11.7. The van der Waals surface area contributed by atoms with Crippen molar-refractivity contribution in [3.05, 3.63) is 110 Å². The zero-order chi connectivity index (χ0) is 28.1. The van der Waals surface area contributed by atoms with Gasteiger partial charge in [0.1, 0.15) is 25.0 Å². The molecule has 2 heterocycles. The van der Waals surface area contributed by atoms with Crippen molar-refractivity contribution in [1.82, 2.24) is 14.8 Å². The average Bonchev–Trinajstić information content (AvgIpc) is 3.37. The molecule has 1 aliphatic rings. The number of allylic oxidation sites excluding steroid dienone is 1. The Balaban J connectivity index is 1.53. The normalized spacial score (nSPS) is 14.4. The first-order valence-electron chi connectivity index (χ1n) is 12.9. The van der Waals surface area contributed by atoms with E-state index in [1.54, 1.807) is 16.4 Å². The molecule has 10 heteroatoms. The molecule has 206 valence electrons. The van der Waals surface area contributed by atoms with Crippen molar-refractivity contribution >= 4 is 51.2 Å². The molecule has 3 aromatic carbocycles. The first-order valence-corrected chi connectivity index (χ1v) is 15.0. The predicted molar refractivity (Wildman–Crippen MR) is 162 cm³/mol. The van der Waals surface area contributed by atoms with Gasteiger partial charge in [0, 0.05) is 26.5 Å². The highest BCUT2D eigenvalue weighted by Gasteiger charge is 2.37. The van der Waals surface area contributed by atoms with E-state index in [4.69, 9.17) is 31.2 Å². The molecule has 1 atom stereocenters. The number of hydrogen-bond donors (Lipinski definition) is 1. The molecule has 40 heavy (non-hydrogen) atoms. The van der Waals surface area contributed by atoms with E-state index in [-0.39, 0.29) is 6.61 Å². The fraction of sp³-hybridized carbons (Fsp3) is 0.233. The molecule has 0 bridgehead atoms. The van der Waals surface area contributed by atoms with Crippen LogP contribution in [0, 0.1) is 0 Å². The van der Waals surface area contributed by atoms with Crippen molar-refractivity contribution in [2.75, 3.05) is 11.1 Å². The lowest BCUT2D eigenvalue weighted by atomic mass is 9.95. The van der Waals surface area contributed by atoms with Gasteiger partial charge in [-0.05, 0) is 54.8 Å². The maximum atomic E-state index is 13.7. The summed E-state index contributed by atoms with van der Waals surface area (Å²) in [6, 6.07) is 22.3. The van der Waals surface area contributed by atoms with Crippen LogP contribution in [0.3, 0.4) is 0 Å². The summed E-state index contributed by atoms with van der Waals surface area (Å²) >= 11 is 11.2. The van der Waals surface area contributed by atoms with Gasteiger partial charge < -0.3 is 14.8 Å². The number of carbonyl (C=O) groups is 1. The van der Waals surface area contributed by atoms with Crippen LogP contribution in [-0.4, -0.2) is 26.5 Å². The number of nitrogens with one attached hydrogen (secondary N) is 1. The topological polar surface area (TPSA) is 78.3 Å². The van der Waals surface area contributed by atoms with Crippen LogP contribution < -0.4 is 10.1 Å². The van der Waals surface area contributed by atoms with E-state index in [9.17, 15) is 4.79 Å². The molecule has 5 rings (SSSR count). The van der Waals surface area contributed by atoms with Crippen molar-refractivity contribution in [2.24, 2.45) is 0 Å². The quantitative estimate of drug-likeness (QED) is 0.140. The Morgan fingerprint density at radius 1 is 1.07 bits per heavy atom. The molecule has 4 aromatic rings. The molecule has 1 unspecified atom stereocenters. The minimum Gasteiger partial charge on any atom is -0.489 e. The van der Waals surface area contributed by atoms with Gasteiger partial charge in [0.25, 0.3) is 0 Å². The first kappa shape index (κ1) is 28.3. The number of carbonyl (C=O) groups excluding carboxylic acids is 1. The number of rotatable bonds is 10. The zero-order valence-electron chi connectivity index (χ0n) is 22.1. The van der Waals surface area contributed by atoms with Gasteiger partial charge in [0.05, 0.1) is 5.57 Å². The second-order valence-electron chi connectivity index (χ2n) is 9.24. The molecule has 0 aliphatic carbocycles. The molecule has 0 radical (unpaired) electrons. The van der Waals surface area contributed by atoms with Crippen LogP contribution in [0.4, 0.5) is 5.95 Å². The molecule has 7 nitrogen and oxygen atoms in total. The number of thioether (sulfide) groups is 1. The standard InChI is InChI=1S/C30H28BrClN4O3S/c1-3-15-40-30-34-29-33-19(2)26(28(37)39-18-20-7-5-4-6-8-20)27(36(29)35-30)24-16-22(31)11-14-25(24)38-17-21-9-12-23(32)13-10-21/h4-14,16,27H,3,15,17-18H2,1-2H3,(H,33,34,35). The van der Waals surface area contributed by atoms with Crippen LogP contribution in [0.15, 0.2) is 93.7 Å². The Labute approximate surface area is 251 Å². The monoisotopic (exact) mass is 638 g/mol. The number of fused-ring (bicyclic) bond motifs is 1. The first-order chi connectivity index (χ1) is 19.4. The summed E-state index contributed by atoms with van der Waals surface area (Å²) in [5.41, 5.74) is 3.73. The molecule has 0 spiro atoms. The summed E-state index contributed by atoms with van der Waals surface area (Å²) in [7, 11) is 0. The SMILES string of the molecule is CCCSc1nc2n(n1)C(c1cc(Br)ccc1OCc1ccc(Cl)cc1)C(C(=O)OCc1ccccc1)=C(C)N2. The zero-order valence-corrected chi connectivity index (χ0v) is 25.2. The number of anilines is 1. The maximum Gasteiger partial charge on any atom is 0.338 e. The van der Waals surface area contributed by atoms with Crippen LogP contribution in [0.5, 0.6) is 5.75 Å². The highest BCUT2D eigenvalue weighted by Crippen LogP contribution is 2.41. The molecule has 1 aromatic heterocycles. The third-order valence-corrected chi connectivity index (χ3v) is 8.06. The summed E-state index contributed by atoms with van der Waals surface area (Å²) in [5, 5.41) is 9.38. The minimum atomic E-state index is -0.624. The number of nitrogens with zero attached hydrogens (tertiary/aromatic N) is 3. The van der Waals surface area contributed by atoms with Crippen LogP contribution in [0.1, 0.15) is 43.0 Å². The maximum absolute atomic E-state index is 13.7. The van der Waals surface area contributed by atoms with Gasteiger partial charge in [-0.15, -0.1) is 5.10 Å². The summed E-state index contributed by atoms with van der Waals surface area (Å²) in [6.45, 7) is 4.45. The second kappa shape index (κ2) is 12.9. The third kappa shape index (κ3) is 6.54. The van der Waals surface area contributed by atoms with Crippen molar-refractivity contribution in [3.8, 4) is 5.75 Å². The Bertz CT molecular complexity index is 1530. The van der Waals surface area contributed by atoms with E-state index >= 15 is 0 Å². The lowest BCUT2D eigenvalue weighted by Crippen LogP contribution is -2.30.